The largest absolute Gasteiger partial charge is 0.489 e. The van der Waals surface area contributed by atoms with E-state index in [-0.39, 0.29) is 12.4 Å². The topological polar surface area (TPSA) is 21.3 Å². The third-order valence-corrected chi connectivity index (χ3v) is 3.97. The van der Waals surface area contributed by atoms with E-state index >= 15 is 0 Å². The average Bonchev–Trinajstić information content (AvgIpc) is 2.51. The van der Waals surface area contributed by atoms with E-state index in [0.29, 0.717) is 6.61 Å². The third-order valence-electron chi connectivity index (χ3n) is 3.47. The van der Waals surface area contributed by atoms with Gasteiger partial charge < -0.3 is 10.1 Å². The minimum atomic E-state index is 0. The maximum absolute atomic E-state index is 6.00. The molecule has 2 rings (SSSR count). The second kappa shape index (κ2) is 10.7. The molecule has 0 fully saturated rings. The van der Waals surface area contributed by atoms with Crippen LogP contribution in [0.3, 0.4) is 0 Å². The molecule has 0 aliphatic carbocycles. The van der Waals surface area contributed by atoms with Crippen LogP contribution in [0.15, 0.2) is 53.0 Å². The lowest BCUT2D eigenvalue weighted by Gasteiger charge is -2.13. The van der Waals surface area contributed by atoms with Crippen LogP contribution in [0.1, 0.15) is 31.4 Å². The van der Waals surface area contributed by atoms with Gasteiger partial charge in [0.1, 0.15) is 12.4 Å². The standard InChI is InChI=1S/C19H24BrNO.ClH/c1-15(2)10-11-21-13-17-12-18(20)8-9-19(17)22-14-16-6-4-3-5-7-16;/h3-9,12,15,21H,10-11,13-14H2,1-2H3;1H. The summed E-state index contributed by atoms with van der Waals surface area (Å²) in [4.78, 5) is 0. The molecule has 0 aliphatic heterocycles. The van der Waals surface area contributed by atoms with Gasteiger partial charge in [0.05, 0.1) is 0 Å². The summed E-state index contributed by atoms with van der Waals surface area (Å²) in [6.45, 7) is 6.95. The molecule has 2 aromatic rings. The van der Waals surface area contributed by atoms with Gasteiger partial charge in [0, 0.05) is 16.6 Å². The van der Waals surface area contributed by atoms with E-state index in [1.807, 2.05) is 30.3 Å². The van der Waals surface area contributed by atoms with Crippen LogP contribution in [-0.4, -0.2) is 6.54 Å². The van der Waals surface area contributed by atoms with Crippen molar-refractivity contribution in [1.82, 2.24) is 5.32 Å². The molecule has 0 saturated heterocycles. The summed E-state index contributed by atoms with van der Waals surface area (Å²) in [5, 5.41) is 3.50. The molecule has 0 atom stereocenters. The van der Waals surface area contributed by atoms with Gasteiger partial charge in [-0.2, -0.15) is 0 Å². The Morgan fingerprint density at radius 3 is 2.52 bits per heavy atom. The Kier molecular flexibility index (Phi) is 9.30. The lowest BCUT2D eigenvalue weighted by Crippen LogP contribution is -2.17. The molecule has 0 aromatic heterocycles. The predicted octanol–water partition coefficient (Wildman–Crippen LogP) is 5.59. The van der Waals surface area contributed by atoms with E-state index in [2.05, 4.69) is 53.3 Å². The van der Waals surface area contributed by atoms with E-state index in [4.69, 9.17) is 4.74 Å². The van der Waals surface area contributed by atoms with Crippen LogP contribution in [0.2, 0.25) is 0 Å². The van der Waals surface area contributed by atoms with Crippen LogP contribution >= 0.6 is 28.3 Å². The van der Waals surface area contributed by atoms with Gasteiger partial charge in [-0.05, 0) is 42.6 Å². The summed E-state index contributed by atoms with van der Waals surface area (Å²) in [5.41, 5.74) is 2.37. The second-order valence-corrected chi connectivity index (χ2v) is 6.80. The van der Waals surface area contributed by atoms with Gasteiger partial charge in [0.15, 0.2) is 0 Å². The van der Waals surface area contributed by atoms with Crippen molar-refractivity contribution >= 4 is 28.3 Å². The molecule has 126 valence electrons. The van der Waals surface area contributed by atoms with Gasteiger partial charge in [-0.25, -0.2) is 0 Å². The number of nitrogens with one attached hydrogen (secondary N) is 1. The van der Waals surface area contributed by atoms with Crippen LogP contribution in [0.25, 0.3) is 0 Å². The highest BCUT2D eigenvalue weighted by atomic mass is 79.9. The van der Waals surface area contributed by atoms with Gasteiger partial charge in [0.25, 0.3) is 0 Å². The summed E-state index contributed by atoms with van der Waals surface area (Å²) < 4.78 is 7.08. The predicted molar refractivity (Wildman–Crippen MR) is 103 cm³/mol. The van der Waals surface area contributed by atoms with E-state index in [0.717, 1.165) is 29.2 Å². The zero-order valence-electron chi connectivity index (χ0n) is 13.7. The van der Waals surface area contributed by atoms with E-state index < -0.39 is 0 Å². The zero-order chi connectivity index (χ0) is 15.8. The molecule has 0 saturated carbocycles. The van der Waals surface area contributed by atoms with Crippen molar-refractivity contribution in [2.24, 2.45) is 5.92 Å². The highest BCUT2D eigenvalue weighted by Crippen LogP contribution is 2.24. The van der Waals surface area contributed by atoms with Crippen molar-refractivity contribution in [3.63, 3.8) is 0 Å². The number of hydrogen-bond donors (Lipinski definition) is 1. The van der Waals surface area contributed by atoms with Crippen LogP contribution in [-0.2, 0) is 13.2 Å². The summed E-state index contributed by atoms with van der Waals surface area (Å²) in [6.07, 6.45) is 1.19. The molecule has 0 heterocycles. The Labute approximate surface area is 154 Å². The monoisotopic (exact) mass is 397 g/mol. The Morgan fingerprint density at radius 2 is 1.83 bits per heavy atom. The fourth-order valence-corrected chi connectivity index (χ4v) is 2.58. The normalized spacial score (nSPS) is 10.4. The van der Waals surface area contributed by atoms with Crippen LogP contribution in [0.4, 0.5) is 0 Å². The Balaban J connectivity index is 0.00000264. The minimum Gasteiger partial charge on any atom is -0.489 e. The van der Waals surface area contributed by atoms with Gasteiger partial charge in [0.2, 0.25) is 0 Å². The van der Waals surface area contributed by atoms with Crippen LogP contribution < -0.4 is 10.1 Å². The number of benzene rings is 2. The summed E-state index contributed by atoms with van der Waals surface area (Å²) >= 11 is 3.54. The molecule has 4 heteroatoms. The van der Waals surface area contributed by atoms with E-state index in [1.165, 1.54) is 17.5 Å². The van der Waals surface area contributed by atoms with E-state index in [1.54, 1.807) is 0 Å². The molecule has 0 bridgehead atoms. The minimum absolute atomic E-state index is 0. The number of hydrogen-bond acceptors (Lipinski definition) is 2. The zero-order valence-corrected chi connectivity index (χ0v) is 16.1. The maximum atomic E-state index is 6.00. The van der Waals surface area contributed by atoms with Crippen molar-refractivity contribution in [3.05, 3.63) is 64.1 Å². The van der Waals surface area contributed by atoms with Crippen molar-refractivity contribution in [2.45, 2.75) is 33.4 Å². The fourth-order valence-electron chi connectivity index (χ4n) is 2.18. The molecule has 0 aliphatic rings. The van der Waals surface area contributed by atoms with Crippen LogP contribution in [0, 0.1) is 5.92 Å². The molecular weight excluding hydrogens is 374 g/mol. The molecule has 1 N–H and O–H groups in total. The van der Waals surface area contributed by atoms with Crippen molar-refractivity contribution < 1.29 is 4.74 Å². The molecular formula is C19H25BrClNO. The van der Waals surface area contributed by atoms with Gasteiger partial charge in [-0.1, -0.05) is 60.1 Å². The van der Waals surface area contributed by atoms with Gasteiger partial charge in [-0.15, -0.1) is 12.4 Å². The second-order valence-electron chi connectivity index (χ2n) is 5.89. The van der Waals surface area contributed by atoms with Gasteiger partial charge in [-0.3, -0.25) is 0 Å². The Bertz CT molecular complexity index is 575. The van der Waals surface area contributed by atoms with Crippen LogP contribution in [0.5, 0.6) is 5.75 Å². The molecule has 2 nitrogen and oxygen atoms in total. The quantitative estimate of drug-likeness (QED) is 0.586. The van der Waals surface area contributed by atoms with Crippen molar-refractivity contribution in [3.8, 4) is 5.75 Å². The third kappa shape index (κ3) is 7.38. The van der Waals surface area contributed by atoms with Crippen molar-refractivity contribution in [2.75, 3.05) is 6.54 Å². The first-order valence-corrected chi connectivity index (χ1v) is 8.60. The van der Waals surface area contributed by atoms with Crippen molar-refractivity contribution in [1.29, 1.82) is 0 Å². The molecule has 0 spiro atoms. The first-order chi connectivity index (χ1) is 10.6. The van der Waals surface area contributed by atoms with Gasteiger partial charge >= 0.3 is 0 Å². The summed E-state index contributed by atoms with van der Waals surface area (Å²) in [6, 6.07) is 16.4. The first kappa shape index (κ1) is 20.0. The first-order valence-electron chi connectivity index (χ1n) is 7.81. The average molecular weight is 399 g/mol. The Hall–Kier alpha value is -1.03. The molecule has 2 aromatic carbocycles. The molecule has 0 unspecified atom stereocenters. The number of ether oxygens (including phenoxy) is 1. The highest BCUT2D eigenvalue weighted by molar-refractivity contribution is 9.10. The lowest BCUT2D eigenvalue weighted by atomic mass is 10.1. The Morgan fingerprint density at radius 1 is 1.09 bits per heavy atom. The summed E-state index contributed by atoms with van der Waals surface area (Å²) in [7, 11) is 0. The highest BCUT2D eigenvalue weighted by Gasteiger charge is 2.05. The summed E-state index contributed by atoms with van der Waals surface area (Å²) in [5.74, 6) is 1.67. The molecule has 23 heavy (non-hydrogen) atoms. The van der Waals surface area contributed by atoms with E-state index in [9.17, 15) is 0 Å². The lowest BCUT2D eigenvalue weighted by molar-refractivity contribution is 0.302. The smallest absolute Gasteiger partial charge is 0.124 e. The maximum Gasteiger partial charge on any atom is 0.124 e. The molecule has 0 amide bonds. The fraction of sp³-hybridized carbons (Fsp3) is 0.368. The number of rotatable bonds is 8. The number of halogens is 2. The molecule has 0 radical (unpaired) electrons. The SMILES string of the molecule is CC(C)CCNCc1cc(Br)ccc1OCc1ccccc1.Cl.